The number of hydrogen-bond acceptors (Lipinski definition) is 5. The Morgan fingerprint density at radius 1 is 0.972 bits per heavy atom. The number of halogens is 1. The molecule has 0 fully saturated rings. The van der Waals surface area contributed by atoms with Gasteiger partial charge in [-0.3, -0.25) is 4.79 Å². The first-order chi connectivity index (χ1) is 17.5. The van der Waals surface area contributed by atoms with Crippen LogP contribution in [0.1, 0.15) is 28.8 Å². The summed E-state index contributed by atoms with van der Waals surface area (Å²) < 4.78 is 24.2. The predicted octanol–water partition coefficient (Wildman–Crippen LogP) is 6.24. The van der Waals surface area contributed by atoms with E-state index in [0.717, 1.165) is 38.8 Å². The third kappa shape index (κ3) is 4.81. The highest BCUT2D eigenvalue weighted by Crippen LogP contribution is 2.32. The smallest absolute Gasteiger partial charge is 0.337 e. The number of rotatable bonds is 7. The first-order valence-electron chi connectivity index (χ1n) is 11.6. The molecule has 5 rings (SSSR count). The Kier molecular flexibility index (Phi) is 6.45. The third-order valence-corrected chi connectivity index (χ3v) is 6.04. The van der Waals surface area contributed by atoms with Gasteiger partial charge in [-0.05, 0) is 73.0 Å². The van der Waals surface area contributed by atoms with E-state index in [-0.39, 0.29) is 12.2 Å². The highest BCUT2D eigenvalue weighted by Gasteiger charge is 2.16. The number of esters is 2. The van der Waals surface area contributed by atoms with Crippen molar-refractivity contribution in [3.63, 3.8) is 0 Å². The van der Waals surface area contributed by atoms with Gasteiger partial charge in [0, 0.05) is 22.7 Å². The van der Waals surface area contributed by atoms with E-state index in [1.807, 2.05) is 36.4 Å². The summed E-state index contributed by atoms with van der Waals surface area (Å²) in [5.74, 6) is -0.824. The van der Waals surface area contributed by atoms with Crippen LogP contribution < -0.4 is 4.74 Å². The summed E-state index contributed by atoms with van der Waals surface area (Å²) in [7, 11) is 1.31. The number of benzene rings is 3. The van der Waals surface area contributed by atoms with Crippen molar-refractivity contribution in [3.05, 3.63) is 95.8 Å². The molecule has 0 radical (unpaired) electrons. The molecule has 0 aliphatic rings. The van der Waals surface area contributed by atoms with Crippen LogP contribution in [0.2, 0.25) is 0 Å². The van der Waals surface area contributed by atoms with Crippen LogP contribution in [0.4, 0.5) is 4.39 Å². The van der Waals surface area contributed by atoms with Crippen molar-refractivity contribution in [2.45, 2.75) is 19.3 Å². The van der Waals surface area contributed by atoms with Crippen molar-refractivity contribution in [1.82, 2.24) is 9.97 Å². The number of aromatic nitrogens is 2. The molecular formula is C29H23FN2O4. The first-order valence-corrected chi connectivity index (χ1v) is 11.6. The fourth-order valence-corrected chi connectivity index (χ4v) is 4.27. The molecule has 7 heteroatoms. The van der Waals surface area contributed by atoms with Crippen molar-refractivity contribution in [2.75, 3.05) is 7.11 Å². The molecule has 0 spiro atoms. The van der Waals surface area contributed by atoms with Crippen molar-refractivity contribution in [2.24, 2.45) is 0 Å². The second-order valence-corrected chi connectivity index (χ2v) is 8.40. The molecule has 0 unspecified atom stereocenters. The van der Waals surface area contributed by atoms with Crippen LogP contribution in [0.15, 0.2) is 78.9 Å². The minimum absolute atomic E-state index is 0.172. The number of pyridine rings is 1. The quantitative estimate of drug-likeness (QED) is 0.219. The van der Waals surface area contributed by atoms with E-state index >= 15 is 0 Å². The van der Waals surface area contributed by atoms with Crippen molar-refractivity contribution in [1.29, 1.82) is 0 Å². The molecule has 6 nitrogen and oxygen atoms in total. The third-order valence-electron chi connectivity index (χ3n) is 6.04. The zero-order valence-corrected chi connectivity index (χ0v) is 19.6. The van der Waals surface area contributed by atoms with Crippen LogP contribution >= 0.6 is 0 Å². The van der Waals surface area contributed by atoms with Crippen molar-refractivity contribution < 1.29 is 23.5 Å². The minimum atomic E-state index is -0.459. The molecule has 180 valence electrons. The largest absolute Gasteiger partial charge is 0.465 e. The second-order valence-electron chi connectivity index (χ2n) is 8.40. The molecule has 0 saturated carbocycles. The summed E-state index contributed by atoms with van der Waals surface area (Å²) in [4.78, 5) is 32.2. The maximum atomic E-state index is 14.1. The van der Waals surface area contributed by atoms with Crippen LogP contribution in [-0.2, 0) is 16.0 Å². The van der Waals surface area contributed by atoms with E-state index in [2.05, 4.69) is 9.72 Å². The Hall–Kier alpha value is -4.52. The second kappa shape index (κ2) is 10.00. The molecule has 0 atom stereocenters. The summed E-state index contributed by atoms with van der Waals surface area (Å²) in [5, 5.41) is 1.80. The summed E-state index contributed by atoms with van der Waals surface area (Å²) in [6, 6.07) is 22.6. The van der Waals surface area contributed by atoms with Gasteiger partial charge in [0.1, 0.15) is 11.6 Å². The minimum Gasteiger partial charge on any atom is -0.465 e. The summed E-state index contributed by atoms with van der Waals surface area (Å²) in [6.07, 6.45) is 1.21. The number of H-pyrrole nitrogens is 1. The summed E-state index contributed by atoms with van der Waals surface area (Å²) >= 11 is 0. The van der Waals surface area contributed by atoms with Crippen LogP contribution in [0.25, 0.3) is 33.2 Å². The maximum absolute atomic E-state index is 14.1. The maximum Gasteiger partial charge on any atom is 0.337 e. The lowest BCUT2D eigenvalue weighted by molar-refractivity contribution is -0.134. The van der Waals surface area contributed by atoms with Crippen LogP contribution in [0, 0.1) is 5.82 Å². The molecule has 0 aliphatic carbocycles. The lowest BCUT2D eigenvalue weighted by Gasteiger charge is -2.07. The van der Waals surface area contributed by atoms with Gasteiger partial charge < -0.3 is 14.5 Å². The van der Waals surface area contributed by atoms with Gasteiger partial charge in [0.15, 0.2) is 0 Å². The molecule has 2 heterocycles. The van der Waals surface area contributed by atoms with Crippen LogP contribution in [0.3, 0.4) is 0 Å². The fourth-order valence-electron chi connectivity index (χ4n) is 4.27. The molecule has 36 heavy (non-hydrogen) atoms. The Morgan fingerprint density at radius 3 is 2.58 bits per heavy atom. The van der Waals surface area contributed by atoms with Crippen LogP contribution in [-0.4, -0.2) is 29.0 Å². The lowest BCUT2D eigenvalue weighted by atomic mass is 10.0. The first kappa shape index (κ1) is 23.2. The van der Waals surface area contributed by atoms with Gasteiger partial charge in [0.25, 0.3) is 0 Å². The average Bonchev–Trinajstić information content (AvgIpc) is 3.26. The van der Waals surface area contributed by atoms with Gasteiger partial charge in [-0.1, -0.05) is 24.3 Å². The summed E-state index contributed by atoms with van der Waals surface area (Å²) in [5.41, 5.74) is 4.53. The van der Waals surface area contributed by atoms with Gasteiger partial charge in [-0.15, -0.1) is 0 Å². The number of fused-ring (bicyclic) bond motifs is 2. The summed E-state index contributed by atoms with van der Waals surface area (Å²) in [6.45, 7) is 0. The SMILES string of the molecule is COC(=O)c1ccc(OC(=O)CCCc2c(-c3ccc4ccccc4n3)[nH]c3ccc(F)cc23)cc1. The molecule has 0 aliphatic heterocycles. The topological polar surface area (TPSA) is 81.3 Å². The number of nitrogens with one attached hydrogen (secondary N) is 1. The predicted molar refractivity (Wildman–Crippen MR) is 135 cm³/mol. The number of aryl methyl sites for hydroxylation is 1. The monoisotopic (exact) mass is 482 g/mol. The Labute approximate surface area is 206 Å². The number of methoxy groups -OCH3 is 1. The van der Waals surface area contributed by atoms with Crippen LogP contribution in [0.5, 0.6) is 5.75 Å². The fraction of sp³-hybridized carbons (Fsp3) is 0.138. The zero-order chi connectivity index (χ0) is 25.1. The standard InChI is InChI=1S/C29H23FN2O4/c1-35-29(34)19-9-13-21(14-10-19)36-27(33)8-4-6-22-23-17-20(30)12-16-25(23)32-28(22)26-15-11-18-5-2-3-7-24(18)31-26/h2-3,5,7,9-17,32H,4,6,8H2,1H3. The number of ether oxygens (including phenoxy) is 2. The van der Waals surface area contributed by atoms with Gasteiger partial charge in [0.05, 0.1) is 29.6 Å². The Bertz CT molecular complexity index is 1570. The lowest BCUT2D eigenvalue weighted by Crippen LogP contribution is -2.08. The van der Waals surface area contributed by atoms with E-state index in [9.17, 15) is 14.0 Å². The van der Waals surface area contributed by atoms with E-state index in [1.165, 1.54) is 31.4 Å². The van der Waals surface area contributed by atoms with E-state index in [0.29, 0.717) is 24.2 Å². The van der Waals surface area contributed by atoms with Gasteiger partial charge in [-0.2, -0.15) is 0 Å². The number of para-hydroxylation sites is 1. The molecule has 3 aromatic carbocycles. The highest BCUT2D eigenvalue weighted by atomic mass is 19.1. The number of nitrogens with zero attached hydrogens (tertiary/aromatic N) is 1. The Morgan fingerprint density at radius 2 is 1.78 bits per heavy atom. The molecule has 5 aromatic rings. The van der Waals surface area contributed by atoms with Crippen molar-refractivity contribution >= 4 is 33.7 Å². The highest BCUT2D eigenvalue weighted by molar-refractivity contribution is 5.92. The van der Waals surface area contributed by atoms with E-state index in [4.69, 9.17) is 9.72 Å². The number of aromatic amines is 1. The zero-order valence-electron chi connectivity index (χ0n) is 19.6. The van der Waals surface area contributed by atoms with Gasteiger partial charge in [0.2, 0.25) is 0 Å². The number of carbonyl (C=O) groups is 2. The average molecular weight is 483 g/mol. The molecule has 0 bridgehead atoms. The molecule has 0 amide bonds. The normalized spacial score (nSPS) is 11.1. The van der Waals surface area contributed by atoms with Gasteiger partial charge in [-0.25, -0.2) is 14.2 Å². The van der Waals surface area contributed by atoms with E-state index < -0.39 is 11.9 Å². The Balaban J connectivity index is 1.34. The molecule has 1 N–H and O–H groups in total. The number of carbonyl (C=O) groups excluding carboxylic acids is 2. The molecule has 2 aromatic heterocycles. The number of hydrogen-bond donors (Lipinski definition) is 1. The molecule has 0 saturated heterocycles. The van der Waals surface area contributed by atoms with Gasteiger partial charge >= 0.3 is 11.9 Å². The molecular weight excluding hydrogens is 459 g/mol. The van der Waals surface area contributed by atoms with Crippen molar-refractivity contribution in [3.8, 4) is 17.1 Å². The van der Waals surface area contributed by atoms with E-state index in [1.54, 1.807) is 18.2 Å².